The number of carbonyl (C=O) groups is 2. The van der Waals surface area contributed by atoms with E-state index in [4.69, 9.17) is 14.2 Å². The molecule has 8 nitrogen and oxygen atoms in total. The summed E-state index contributed by atoms with van der Waals surface area (Å²) in [7, 11) is 2.87. The number of ketones is 1. The summed E-state index contributed by atoms with van der Waals surface area (Å²) in [4.78, 5) is 27.4. The monoisotopic (exact) mass is 441 g/mol. The van der Waals surface area contributed by atoms with Crippen molar-refractivity contribution in [2.75, 3.05) is 27.4 Å². The SMILES string of the molecule is COc1cccc(OC)c1/C(O)=C1\C(=O)C(=O)N(CCOC(C)C)C1c1ccc(O)cc1. The van der Waals surface area contributed by atoms with Crippen LogP contribution in [0.3, 0.4) is 0 Å². The first-order valence-electron chi connectivity index (χ1n) is 10.2. The van der Waals surface area contributed by atoms with Gasteiger partial charge in [0.25, 0.3) is 11.7 Å². The van der Waals surface area contributed by atoms with Gasteiger partial charge in [-0.15, -0.1) is 0 Å². The van der Waals surface area contributed by atoms with Gasteiger partial charge in [0, 0.05) is 6.54 Å². The zero-order valence-electron chi connectivity index (χ0n) is 18.5. The Hall–Kier alpha value is -3.52. The normalized spacial score (nSPS) is 17.8. The van der Waals surface area contributed by atoms with E-state index in [2.05, 4.69) is 0 Å². The number of ether oxygens (including phenoxy) is 3. The second-order valence-corrected chi connectivity index (χ2v) is 7.54. The molecule has 2 aromatic rings. The van der Waals surface area contributed by atoms with Gasteiger partial charge in [0.1, 0.15) is 28.6 Å². The van der Waals surface area contributed by atoms with Crippen molar-refractivity contribution < 1.29 is 34.0 Å². The van der Waals surface area contributed by atoms with Crippen LogP contribution in [0.4, 0.5) is 0 Å². The number of hydrogen-bond acceptors (Lipinski definition) is 7. The van der Waals surface area contributed by atoms with Gasteiger partial charge in [0.05, 0.1) is 38.5 Å². The standard InChI is InChI=1S/C24H27NO7/c1-14(2)32-13-12-25-21(15-8-10-16(26)11-9-15)20(23(28)24(25)29)22(27)19-17(30-3)6-5-7-18(19)31-4/h5-11,14,21,26-27H,12-13H2,1-4H3/b22-20+. The van der Waals surface area contributed by atoms with Crippen LogP contribution in [0.15, 0.2) is 48.0 Å². The summed E-state index contributed by atoms with van der Waals surface area (Å²) in [6.07, 6.45) is -0.0446. The minimum atomic E-state index is -0.874. The number of amides is 1. The molecular formula is C24H27NO7. The maximum atomic E-state index is 13.1. The van der Waals surface area contributed by atoms with Gasteiger partial charge < -0.3 is 29.3 Å². The highest BCUT2D eigenvalue weighted by atomic mass is 16.5. The van der Waals surface area contributed by atoms with Gasteiger partial charge >= 0.3 is 0 Å². The molecule has 0 bridgehead atoms. The number of aromatic hydroxyl groups is 1. The van der Waals surface area contributed by atoms with E-state index in [1.165, 1.54) is 31.3 Å². The third-order valence-electron chi connectivity index (χ3n) is 5.20. The Bertz CT molecular complexity index is 1000. The van der Waals surface area contributed by atoms with Gasteiger partial charge in [0.15, 0.2) is 0 Å². The Morgan fingerprint density at radius 2 is 1.62 bits per heavy atom. The maximum Gasteiger partial charge on any atom is 0.295 e. The zero-order chi connectivity index (χ0) is 23.4. The van der Waals surface area contributed by atoms with E-state index in [0.29, 0.717) is 17.1 Å². The number of Topliss-reactive ketones (excluding diaryl/α,β-unsaturated/α-hetero) is 1. The molecule has 2 N–H and O–H groups in total. The Morgan fingerprint density at radius 1 is 1.03 bits per heavy atom. The number of likely N-dealkylation sites (tertiary alicyclic amines) is 1. The first-order chi connectivity index (χ1) is 15.3. The number of methoxy groups -OCH3 is 2. The Kier molecular flexibility index (Phi) is 7.05. The smallest absolute Gasteiger partial charge is 0.295 e. The van der Waals surface area contributed by atoms with Gasteiger partial charge in [0.2, 0.25) is 0 Å². The number of carbonyl (C=O) groups excluding carboxylic acids is 2. The summed E-state index contributed by atoms with van der Waals surface area (Å²) in [6, 6.07) is 10.2. The maximum absolute atomic E-state index is 13.1. The van der Waals surface area contributed by atoms with Crippen LogP contribution in [-0.2, 0) is 14.3 Å². The zero-order valence-corrected chi connectivity index (χ0v) is 18.5. The van der Waals surface area contributed by atoms with E-state index < -0.39 is 23.5 Å². The molecule has 1 unspecified atom stereocenters. The fourth-order valence-corrected chi connectivity index (χ4v) is 3.72. The lowest BCUT2D eigenvalue weighted by Crippen LogP contribution is -2.33. The van der Waals surface area contributed by atoms with Crippen molar-refractivity contribution in [3.05, 3.63) is 59.2 Å². The van der Waals surface area contributed by atoms with E-state index in [1.54, 1.807) is 30.3 Å². The molecule has 1 saturated heterocycles. The molecule has 32 heavy (non-hydrogen) atoms. The van der Waals surface area contributed by atoms with Crippen molar-refractivity contribution in [2.24, 2.45) is 0 Å². The van der Waals surface area contributed by atoms with Crippen LogP contribution in [0, 0.1) is 0 Å². The van der Waals surface area contributed by atoms with Crippen LogP contribution < -0.4 is 9.47 Å². The van der Waals surface area contributed by atoms with Crippen LogP contribution in [0.25, 0.3) is 5.76 Å². The van der Waals surface area contributed by atoms with Crippen LogP contribution in [0.5, 0.6) is 17.2 Å². The highest BCUT2D eigenvalue weighted by Gasteiger charge is 2.46. The molecule has 0 aliphatic carbocycles. The predicted octanol–water partition coefficient (Wildman–Crippen LogP) is 3.26. The third kappa shape index (κ3) is 4.40. The van der Waals surface area contributed by atoms with Crippen LogP contribution in [-0.4, -0.2) is 60.3 Å². The number of benzene rings is 2. The molecule has 1 heterocycles. The lowest BCUT2D eigenvalue weighted by atomic mass is 9.94. The van der Waals surface area contributed by atoms with Crippen molar-refractivity contribution in [1.82, 2.24) is 4.90 Å². The molecule has 170 valence electrons. The van der Waals surface area contributed by atoms with Crippen molar-refractivity contribution in [3.63, 3.8) is 0 Å². The summed E-state index contributed by atoms with van der Waals surface area (Å²) in [5, 5.41) is 21.0. The highest BCUT2D eigenvalue weighted by Crippen LogP contribution is 2.43. The number of nitrogens with zero attached hydrogens (tertiary/aromatic N) is 1. The minimum absolute atomic E-state index is 0.0419. The van der Waals surface area contributed by atoms with Crippen LogP contribution >= 0.6 is 0 Å². The minimum Gasteiger partial charge on any atom is -0.508 e. The van der Waals surface area contributed by atoms with Crippen LogP contribution in [0.2, 0.25) is 0 Å². The fourth-order valence-electron chi connectivity index (χ4n) is 3.72. The van der Waals surface area contributed by atoms with E-state index in [9.17, 15) is 19.8 Å². The van der Waals surface area contributed by atoms with Gasteiger partial charge in [-0.3, -0.25) is 9.59 Å². The predicted molar refractivity (Wildman–Crippen MR) is 118 cm³/mol. The summed E-state index contributed by atoms with van der Waals surface area (Å²) >= 11 is 0. The van der Waals surface area contributed by atoms with E-state index in [-0.39, 0.29) is 36.1 Å². The summed E-state index contributed by atoms with van der Waals surface area (Å²) in [5.41, 5.74) is 0.646. The quantitative estimate of drug-likeness (QED) is 0.368. The van der Waals surface area contributed by atoms with Gasteiger partial charge in [-0.2, -0.15) is 0 Å². The number of rotatable bonds is 8. The third-order valence-corrected chi connectivity index (χ3v) is 5.20. The Morgan fingerprint density at radius 3 is 2.16 bits per heavy atom. The van der Waals surface area contributed by atoms with Gasteiger partial charge in [-0.25, -0.2) is 0 Å². The Labute approximate surface area is 186 Å². The number of hydrogen-bond donors (Lipinski definition) is 2. The number of phenolic OH excluding ortho intramolecular Hbond substituents is 1. The molecule has 1 aliphatic heterocycles. The van der Waals surface area contributed by atoms with Crippen molar-refractivity contribution in [1.29, 1.82) is 0 Å². The first-order valence-corrected chi connectivity index (χ1v) is 10.2. The average Bonchev–Trinajstić information content (AvgIpc) is 3.03. The Balaban J connectivity index is 2.19. The van der Waals surface area contributed by atoms with E-state index in [1.807, 2.05) is 13.8 Å². The largest absolute Gasteiger partial charge is 0.508 e. The highest BCUT2D eigenvalue weighted by molar-refractivity contribution is 6.46. The number of aliphatic hydroxyl groups is 1. The van der Waals surface area contributed by atoms with Crippen molar-refractivity contribution in [2.45, 2.75) is 26.0 Å². The van der Waals surface area contributed by atoms with Gasteiger partial charge in [-0.05, 0) is 43.7 Å². The lowest BCUT2D eigenvalue weighted by Gasteiger charge is -2.26. The first kappa shape index (κ1) is 23.1. The summed E-state index contributed by atoms with van der Waals surface area (Å²) in [5.74, 6) is -1.34. The summed E-state index contributed by atoms with van der Waals surface area (Å²) in [6.45, 7) is 4.12. The molecular weight excluding hydrogens is 414 g/mol. The molecule has 0 aromatic heterocycles. The van der Waals surface area contributed by atoms with E-state index in [0.717, 1.165) is 0 Å². The molecule has 1 fully saturated rings. The molecule has 3 rings (SSSR count). The average molecular weight is 441 g/mol. The second kappa shape index (κ2) is 9.74. The fraction of sp³-hybridized carbons (Fsp3) is 0.333. The topological polar surface area (TPSA) is 106 Å². The molecule has 0 saturated carbocycles. The lowest BCUT2D eigenvalue weighted by molar-refractivity contribution is -0.140. The second-order valence-electron chi connectivity index (χ2n) is 7.54. The number of phenols is 1. The molecule has 0 radical (unpaired) electrons. The molecule has 8 heteroatoms. The molecule has 0 spiro atoms. The van der Waals surface area contributed by atoms with E-state index >= 15 is 0 Å². The van der Waals surface area contributed by atoms with Crippen molar-refractivity contribution in [3.8, 4) is 17.2 Å². The van der Waals surface area contributed by atoms with Crippen molar-refractivity contribution >= 4 is 17.4 Å². The molecule has 1 amide bonds. The number of aliphatic hydroxyl groups excluding tert-OH is 1. The van der Waals surface area contributed by atoms with Crippen LogP contribution in [0.1, 0.15) is 31.0 Å². The molecule has 1 aliphatic rings. The molecule has 2 aromatic carbocycles. The van der Waals surface area contributed by atoms with Gasteiger partial charge in [-0.1, -0.05) is 18.2 Å². The molecule has 1 atom stereocenters. The summed E-state index contributed by atoms with van der Waals surface area (Å²) < 4.78 is 16.3.